The van der Waals surface area contributed by atoms with E-state index in [9.17, 15) is 17.6 Å². The van der Waals surface area contributed by atoms with E-state index < -0.39 is 15.8 Å². The van der Waals surface area contributed by atoms with Gasteiger partial charge in [-0.15, -0.1) is 0 Å². The second-order valence-corrected chi connectivity index (χ2v) is 9.62. The minimum absolute atomic E-state index is 0.0141. The van der Waals surface area contributed by atoms with Crippen LogP contribution >= 0.6 is 0 Å². The number of hydrogen-bond donors (Lipinski definition) is 1. The van der Waals surface area contributed by atoms with E-state index in [1.807, 2.05) is 19.1 Å². The normalized spacial score (nSPS) is 12.2. The van der Waals surface area contributed by atoms with Crippen molar-refractivity contribution in [2.24, 2.45) is 0 Å². The smallest absolute Gasteiger partial charge is 0.251 e. The van der Waals surface area contributed by atoms with Crippen LogP contribution in [0.3, 0.4) is 0 Å². The van der Waals surface area contributed by atoms with Crippen molar-refractivity contribution in [1.82, 2.24) is 5.32 Å². The zero-order valence-corrected chi connectivity index (χ0v) is 19.2. The van der Waals surface area contributed by atoms with Crippen LogP contribution in [0.2, 0.25) is 0 Å². The molecule has 1 amide bonds. The van der Waals surface area contributed by atoms with E-state index in [-0.39, 0.29) is 24.2 Å². The van der Waals surface area contributed by atoms with Crippen LogP contribution in [0.5, 0.6) is 0 Å². The number of benzene rings is 3. The Morgan fingerprint density at radius 3 is 2.12 bits per heavy atom. The third-order valence-electron chi connectivity index (χ3n) is 5.30. The van der Waals surface area contributed by atoms with Crippen LogP contribution in [0.25, 0.3) is 0 Å². The van der Waals surface area contributed by atoms with Gasteiger partial charge in [-0.25, -0.2) is 12.8 Å². The Kier molecular flexibility index (Phi) is 7.30. The average molecular weight is 455 g/mol. The molecular weight excluding hydrogens is 427 g/mol. The van der Waals surface area contributed by atoms with Crippen LogP contribution in [0.15, 0.2) is 72.8 Å². The molecule has 0 unspecified atom stereocenters. The minimum Gasteiger partial charge on any atom is -0.346 e. The monoisotopic (exact) mass is 454 g/mol. The maximum Gasteiger partial charge on any atom is 0.251 e. The van der Waals surface area contributed by atoms with E-state index in [0.717, 1.165) is 22.5 Å². The fourth-order valence-corrected chi connectivity index (χ4v) is 4.26. The number of aryl methyl sites for hydroxylation is 1. The Balaban J connectivity index is 1.71. The molecule has 3 aromatic rings. The van der Waals surface area contributed by atoms with Crippen LogP contribution in [-0.2, 0) is 23.0 Å². The number of carbonyl (C=O) groups excluding carboxylic acids is 1. The fraction of sp³-hybridized carbons (Fsp3) is 0.240. The summed E-state index contributed by atoms with van der Waals surface area (Å²) in [7, 11) is -3.70. The van der Waals surface area contributed by atoms with Gasteiger partial charge < -0.3 is 5.32 Å². The Bertz CT molecular complexity index is 1180. The number of anilines is 1. The predicted molar refractivity (Wildman–Crippen MR) is 126 cm³/mol. The lowest BCUT2D eigenvalue weighted by Crippen LogP contribution is -2.30. The largest absolute Gasteiger partial charge is 0.346 e. The summed E-state index contributed by atoms with van der Waals surface area (Å²) in [5.74, 6) is -0.840. The van der Waals surface area contributed by atoms with Crippen LogP contribution in [0.4, 0.5) is 10.1 Å². The summed E-state index contributed by atoms with van der Waals surface area (Å²) in [5.41, 5.74) is 3.34. The number of carbonyl (C=O) groups is 1. The predicted octanol–water partition coefficient (Wildman–Crippen LogP) is 4.85. The lowest BCUT2D eigenvalue weighted by molar-refractivity contribution is 0.0940. The van der Waals surface area contributed by atoms with Gasteiger partial charge in [0.15, 0.2) is 0 Å². The van der Waals surface area contributed by atoms with Gasteiger partial charge in [-0.05, 0) is 54.3 Å². The number of amides is 1. The number of para-hydroxylation sites is 1. The summed E-state index contributed by atoms with van der Waals surface area (Å²) in [6, 6.07) is 20.3. The Morgan fingerprint density at radius 2 is 1.56 bits per heavy atom. The molecule has 5 nitrogen and oxygen atoms in total. The van der Waals surface area contributed by atoms with E-state index >= 15 is 0 Å². The van der Waals surface area contributed by atoms with Crippen LogP contribution in [-0.4, -0.2) is 20.6 Å². The molecule has 0 heterocycles. The fourth-order valence-electron chi connectivity index (χ4n) is 3.37. The molecular formula is C25H27FN2O3S. The number of halogens is 1. The first-order valence-electron chi connectivity index (χ1n) is 10.4. The Morgan fingerprint density at radius 1 is 0.969 bits per heavy atom. The molecule has 7 heteroatoms. The van der Waals surface area contributed by atoms with Crippen molar-refractivity contribution in [3.63, 3.8) is 0 Å². The van der Waals surface area contributed by atoms with Gasteiger partial charge in [0.1, 0.15) is 5.82 Å². The number of rotatable bonds is 8. The average Bonchev–Trinajstić information content (AvgIpc) is 2.77. The molecule has 0 bridgehead atoms. The van der Waals surface area contributed by atoms with Gasteiger partial charge in [0.2, 0.25) is 10.0 Å². The molecule has 0 aromatic heterocycles. The first kappa shape index (κ1) is 23.5. The van der Waals surface area contributed by atoms with E-state index in [2.05, 4.69) is 24.4 Å². The van der Waals surface area contributed by atoms with Gasteiger partial charge >= 0.3 is 0 Å². The van der Waals surface area contributed by atoms with Gasteiger partial charge in [0.25, 0.3) is 5.91 Å². The van der Waals surface area contributed by atoms with Crippen molar-refractivity contribution in [2.45, 2.75) is 32.9 Å². The molecule has 32 heavy (non-hydrogen) atoms. The Hall–Kier alpha value is -3.19. The highest BCUT2D eigenvalue weighted by Gasteiger charge is 2.21. The van der Waals surface area contributed by atoms with Gasteiger partial charge in [-0.3, -0.25) is 9.10 Å². The molecule has 0 fully saturated rings. The lowest BCUT2D eigenvalue weighted by Gasteiger charge is -2.23. The second-order valence-electron chi connectivity index (χ2n) is 7.71. The first-order valence-corrected chi connectivity index (χ1v) is 12.2. The highest BCUT2D eigenvalue weighted by molar-refractivity contribution is 7.92. The quantitative estimate of drug-likeness (QED) is 0.529. The molecule has 0 saturated carbocycles. The first-order chi connectivity index (χ1) is 15.2. The minimum atomic E-state index is -3.70. The van der Waals surface area contributed by atoms with Crippen LogP contribution in [0, 0.1) is 5.82 Å². The third-order valence-corrected chi connectivity index (χ3v) is 6.43. The Labute approximate surface area is 188 Å². The van der Waals surface area contributed by atoms with Gasteiger partial charge in [0.05, 0.1) is 24.5 Å². The topological polar surface area (TPSA) is 66.5 Å². The molecule has 1 N–H and O–H groups in total. The molecule has 0 aliphatic carbocycles. The molecule has 3 aromatic carbocycles. The molecule has 168 valence electrons. The molecule has 0 saturated heterocycles. The summed E-state index contributed by atoms with van der Waals surface area (Å²) < 4.78 is 39.7. The highest BCUT2D eigenvalue weighted by atomic mass is 32.2. The standard InChI is InChI=1S/C25H27FN2O3S/c1-4-19-9-13-21(14-10-19)18(2)27-25(29)22-15-11-20(12-16-22)17-28(32(3,30)31)24-8-6-5-7-23(24)26/h5-16,18H,4,17H2,1-3H3,(H,27,29)/t18-/m1/s1. The van der Waals surface area contributed by atoms with Crippen molar-refractivity contribution >= 4 is 21.6 Å². The van der Waals surface area contributed by atoms with Crippen LogP contribution in [0.1, 0.15) is 46.9 Å². The molecule has 0 radical (unpaired) electrons. The summed E-state index contributed by atoms with van der Waals surface area (Å²) in [4.78, 5) is 12.6. The number of nitrogens with zero attached hydrogens (tertiary/aromatic N) is 1. The van der Waals surface area contributed by atoms with Crippen molar-refractivity contribution in [3.8, 4) is 0 Å². The van der Waals surface area contributed by atoms with Crippen molar-refractivity contribution in [1.29, 1.82) is 0 Å². The molecule has 0 aliphatic heterocycles. The van der Waals surface area contributed by atoms with E-state index in [1.54, 1.807) is 30.3 Å². The molecule has 0 spiro atoms. The summed E-state index contributed by atoms with van der Waals surface area (Å²) >= 11 is 0. The SMILES string of the molecule is CCc1ccc([C@@H](C)NC(=O)c2ccc(CN(c3ccccc3F)S(C)(=O)=O)cc2)cc1. The van der Waals surface area contributed by atoms with Crippen molar-refractivity contribution < 1.29 is 17.6 Å². The molecule has 1 atom stereocenters. The maximum absolute atomic E-state index is 14.2. The third kappa shape index (κ3) is 5.73. The summed E-state index contributed by atoms with van der Waals surface area (Å²) in [5, 5.41) is 2.97. The highest BCUT2D eigenvalue weighted by Crippen LogP contribution is 2.24. The van der Waals surface area contributed by atoms with Crippen LogP contribution < -0.4 is 9.62 Å². The van der Waals surface area contributed by atoms with E-state index in [1.165, 1.54) is 23.8 Å². The summed E-state index contributed by atoms with van der Waals surface area (Å²) in [6.45, 7) is 3.98. The summed E-state index contributed by atoms with van der Waals surface area (Å²) in [6.07, 6.45) is 2.00. The molecule has 0 aliphatic rings. The van der Waals surface area contributed by atoms with Gasteiger partial charge in [0, 0.05) is 5.56 Å². The molecule has 3 rings (SSSR count). The second kappa shape index (κ2) is 9.96. The van der Waals surface area contributed by atoms with E-state index in [4.69, 9.17) is 0 Å². The number of sulfonamides is 1. The maximum atomic E-state index is 14.2. The van der Waals surface area contributed by atoms with Gasteiger partial charge in [-0.1, -0.05) is 55.5 Å². The number of hydrogen-bond acceptors (Lipinski definition) is 3. The zero-order valence-electron chi connectivity index (χ0n) is 18.4. The zero-order chi connectivity index (χ0) is 23.3. The van der Waals surface area contributed by atoms with Crippen molar-refractivity contribution in [3.05, 3.63) is 101 Å². The van der Waals surface area contributed by atoms with E-state index in [0.29, 0.717) is 11.1 Å². The van der Waals surface area contributed by atoms with Crippen molar-refractivity contribution in [2.75, 3.05) is 10.6 Å². The number of nitrogens with one attached hydrogen (secondary N) is 1. The van der Waals surface area contributed by atoms with Gasteiger partial charge in [-0.2, -0.15) is 0 Å². The lowest BCUT2D eigenvalue weighted by atomic mass is 10.0.